The number of aryl methyl sites for hydroxylation is 2. The Morgan fingerprint density at radius 2 is 1.67 bits per heavy atom. The van der Waals surface area contributed by atoms with Crippen molar-refractivity contribution >= 4 is 22.5 Å². The number of hydrogen-bond donors (Lipinski definition) is 1. The minimum Gasteiger partial charge on any atom is -0.493 e. The number of benzene rings is 3. The molecule has 0 bridgehead atoms. The number of azo groups is 1. The smallest absolute Gasteiger partial charge is 0.302 e. The molecule has 0 unspecified atom stereocenters. The lowest BCUT2D eigenvalue weighted by Crippen LogP contribution is -2.08. The van der Waals surface area contributed by atoms with E-state index >= 15 is 0 Å². The fraction of sp³-hybridized carbons (Fsp3) is 0.192. The molecule has 0 aliphatic rings. The van der Waals surface area contributed by atoms with Crippen LogP contribution in [0.1, 0.15) is 11.1 Å². The van der Waals surface area contributed by atoms with E-state index in [9.17, 15) is 9.90 Å². The van der Waals surface area contributed by atoms with Crippen LogP contribution in [0.4, 0.5) is 5.69 Å². The van der Waals surface area contributed by atoms with E-state index in [4.69, 9.17) is 9.47 Å². The topological polar surface area (TPSA) is 85.4 Å². The average molecular weight is 444 g/mol. The van der Waals surface area contributed by atoms with Gasteiger partial charge < -0.3 is 19.1 Å². The van der Waals surface area contributed by atoms with Crippen molar-refractivity contribution in [3.63, 3.8) is 0 Å². The van der Waals surface area contributed by atoms with Crippen LogP contribution in [0.3, 0.4) is 0 Å². The van der Waals surface area contributed by atoms with E-state index in [2.05, 4.69) is 10.2 Å². The zero-order valence-corrected chi connectivity index (χ0v) is 18.6. The first-order valence-corrected chi connectivity index (χ1v) is 10.7. The van der Waals surface area contributed by atoms with Crippen molar-refractivity contribution in [2.45, 2.75) is 20.4 Å². The molecule has 7 nitrogen and oxygen atoms in total. The van der Waals surface area contributed by atoms with Crippen LogP contribution in [-0.4, -0.2) is 28.8 Å². The van der Waals surface area contributed by atoms with Gasteiger partial charge in [0.05, 0.1) is 12.1 Å². The Bertz CT molecular complexity index is 1290. The Kier molecular flexibility index (Phi) is 6.69. The summed E-state index contributed by atoms with van der Waals surface area (Å²) in [5.41, 5.74) is 3.10. The van der Waals surface area contributed by atoms with Crippen molar-refractivity contribution in [2.24, 2.45) is 10.2 Å². The lowest BCUT2D eigenvalue weighted by Gasteiger charge is -2.09. The van der Waals surface area contributed by atoms with Gasteiger partial charge in [0.1, 0.15) is 18.1 Å². The Hall–Kier alpha value is -4.13. The van der Waals surface area contributed by atoms with Crippen molar-refractivity contribution in [1.29, 1.82) is 0 Å². The molecule has 0 aliphatic heterocycles. The SMILES string of the molecule is Cc1ccc(OCCn2c(O)c(N=NC(=O)COc3ccccc3C)c3ccccc32)cc1. The van der Waals surface area contributed by atoms with Crippen molar-refractivity contribution in [3.8, 4) is 17.4 Å². The molecule has 0 saturated carbocycles. The van der Waals surface area contributed by atoms with Gasteiger partial charge in [-0.3, -0.25) is 4.79 Å². The molecule has 1 aromatic heterocycles. The summed E-state index contributed by atoms with van der Waals surface area (Å²) in [6.45, 7) is 4.44. The van der Waals surface area contributed by atoms with E-state index in [0.717, 1.165) is 22.4 Å². The molecule has 1 amide bonds. The highest BCUT2D eigenvalue weighted by molar-refractivity contribution is 5.95. The summed E-state index contributed by atoms with van der Waals surface area (Å²) >= 11 is 0. The van der Waals surface area contributed by atoms with Crippen molar-refractivity contribution in [3.05, 3.63) is 83.9 Å². The van der Waals surface area contributed by atoms with Gasteiger partial charge in [-0.1, -0.05) is 54.1 Å². The Balaban J connectivity index is 1.47. The maximum absolute atomic E-state index is 12.2. The number of fused-ring (bicyclic) bond motifs is 1. The van der Waals surface area contributed by atoms with Gasteiger partial charge in [-0.2, -0.15) is 0 Å². The van der Waals surface area contributed by atoms with Crippen LogP contribution in [-0.2, 0) is 11.3 Å². The first kappa shape index (κ1) is 22.1. The summed E-state index contributed by atoms with van der Waals surface area (Å²) in [4.78, 5) is 12.2. The molecule has 1 N–H and O–H groups in total. The Labute approximate surface area is 191 Å². The van der Waals surface area contributed by atoms with E-state index in [1.807, 2.05) is 80.6 Å². The predicted molar refractivity (Wildman–Crippen MR) is 126 cm³/mol. The highest BCUT2D eigenvalue weighted by atomic mass is 16.5. The summed E-state index contributed by atoms with van der Waals surface area (Å²) in [7, 11) is 0. The quantitative estimate of drug-likeness (QED) is 0.352. The molecule has 33 heavy (non-hydrogen) atoms. The van der Waals surface area contributed by atoms with Crippen LogP contribution in [0.2, 0.25) is 0 Å². The van der Waals surface area contributed by atoms with Crippen molar-refractivity contribution in [1.82, 2.24) is 4.57 Å². The predicted octanol–water partition coefficient (Wildman–Crippen LogP) is 5.73. The fourth-order valence-electron chi connectivity index (χ4n) is 3.48. The number of hydrogen-bond acceptors (Lipinski definition) is 5. The molecular weight excluding hydrogens is 418 g/mol. The summed E-state index contributed by atoms with van der Waals surface area (Å²) in [5.74, 6) is 0.766. The molecular formula is C26H25N3O4. The minimum atomic E-state index is -0.544. The number of aromatic hydroxyl groups is 1. The molecule has 0 aliphatic carbocycles. The van der Waals surface area contributed by atoms with Crippen LogP contribution >= 0.6 is 0 Å². The number of para-hydroxylation sites is 2. The van der Waals surface area contributed by atoms with Crippen LogP contribution in [0.5, 0.6) is 17.4 Å². The van der Waals surface area contributed by atoms with E-state index in [1.54, 1.807) is 10.6 Å². The van der Waals surface area contributed by atoms with Crippen LogP contribution in [0.15, 0.2) is 83.0 Å². The first-order valence-electron chi connectivity index (χ1n) is 10.7. The largest absolute Gasteiger partial charge is 0.493 e. The summed E-state index contributed by atoms with van der Waals surface area (Å²) < 4.78 is 13.0. The van der Waals surface area contributed by atoms with Crippen LogP contribution < -0.4 is 9.47 Å². The second kappa shape index (κ2) is 9.99. The maximum Gasteiger partial charge on any atom is 0.302 e. The van der Waals surface area contributed by atoms with Gasteiger partial charge in [0.25, 0.3) is 0 Å². The molecule has 1 heterocycles. The van der Waals surface area contributed by atoms with Gasteiger partial charge in [-0.15, -0.1) is 10.2 Å². The average Bonchev–Trinajstić information content (AvgIpc) is 3.09. The van der Waals surface area contributed by atoms with Gasteiger partial charge in [0.15, 0.2) is 12.3 Å². The number of carbonyl (C=O) groups excluding carboxylic acids is 1. The van der Waals surface area contributed by atoms with Gasteiger partial charge in [0, 0.05) is 5.39 Å². The zero-order chi connectivity index (χ0) is 23.2. The lowest BCUT2D eigenvalue weighted by atomic mass is 10.2. The second-order valence-corrected chi connectivity index (χ2v) is 7.65. The second-order valence-electron chi connectivity index (χ2n) is 7.65. The highest BCUT2D eigenvalue weighted by Crippen LogP contribution is 2.38. The third kappa shape index (κ3) is 5.20. The maximum atomic E-state index is 12.2. The van der Waals surface area contributed by atoms with Gasteiger partial charge in [0.2, 0.25) is 5.88 Å². The molecule has 7 heteroatoms. The number of nitrogens with zero attached hydrogens (tertiary/aromatic N) is 3. The fourth-order valence-corrected chi connectivity index (χ4v) is 3.48. The first-order chi connectivity index (χ1) is 16.0. The van der Waals surface area contributed by atoms with E-state index in [1.165, 1.54) is 0 Å². The van der Waals surface area contributed by atoms with Crippen molar-refractivity contribution in [2.75, 3.05) is 13.2 Å². The number of amides is 1. The van der Waals surface area contributed by atoms with E-state index in [0.29, 0.717) is 24.3 Å². The monoisotopic (exact) mass is 443 g/mol. The Morgan fingerprint density at radius 1 is 0.939 bits per heavy atom. The normalized spacial score (nSPS) is 11.2. The third-order valence-electron chi connectivity index (χ3n) is 5.23. The van der Waals surface area contributed by atoms with E-state index in [-0.39, 0.29) is 18.2 Å². The number of ether oxygens (including phenoxy) is 2. The highest BCUT2D eigenvalue weighted by Gasteiger charge is 2.17. The molecule has 168 valence electrons. The van der Waals surface area contributed by atoms with Gasteiger partial charge >= 0.3 is 5.91 Å². The Morgan fingerprint density at radius 3 is 2.45 bits per heavy atom. The molecule has 0 saturated heterocycles. The molecule has 0 atom stereocenters. The molecule has 0 fully saturated rings. The number of rotatable bonds is 8. The zero-order valence-electron chi connectivity index (χ0n) is 18.6. The number of aromatic nitrogens is 1. The number of carbonyl (C=O) groups is 1. The van der Waals surface area contributed by atoms with Gasteiger partial charge in [-0.25, -0.2) is 0 Å². The van der Waals surface area contributed by atoms with E-state index < -0.39 is 5.91 Å². The lowest BCUT2D eigenvalue weighted by molar-refractivity contribution is -0.120. The molecule has 3 aromatic carbocycles. The van der Waals surface area contributed by atoms with Crippen LogP contribution in [0, 0.1) is 13.8 Å². The minimum absolute atomic E-state index is 0.0694. The molecule has 4 aromatic rings. The standard InChI is InChI=1S/C26H25N3O4/c1-18-11-13-20(14-12-18)32-16-15-29-22-9-5-4-8-21(22)25(26(29)31)28-27-24(30)17-33-23-10-6-3-7-19(23)2/h3-14,31H,15-17H2,1-2H3. The van der Waals surface area contributed by atoms with Gasteiger partial charge in [-0.05, 0) is 43.7 Å². The summed E-state index contributed by atoms with van der Waals surface area (Å²) in [6.07, 6.45) is 0. The summed E-state index contributed by atoms with van der Waals surface area (Å²) in [6, 6.07) is 22.6. The van der Waals surface area contributed by atoms with Crippen LogP contribution in [0.25, 0.3) is 10.9 Å². The van der Waals surface area contributed by atoms with Crippen molar-refractivity contribution < 1.29 is 19.4 Å². The molecule has 0 radical (unpaired) electrons. The molecule has 4 rings (SSSR count). The third-order valence-corrected chi connectivity index (χ3v) is 5.23. The summed E-state index contributed by atoms with van der Waals surface area (Å²) in [5, 5.41) is 19.3. The molecule has 0 spiro atoms.